The third-order valence-electron chi connectivity index (χ3n) is 19.4. The maximum atomic E-state index is 16.1. The second kappa shape index (κ2) is 14.5. The second-order valence-electron chi connectivity index (χ2n) is 22.4. The van der Waals surface area contributed by atoms with E-state index in [1.807, 2.05) is 0 Å². The summed E-state index contributed by atoms with van der Waals surface area (Å²) in [6.07, 6.45) is 25.3. The molecule has 16 rings (SSSR count). The first-order chi connectivity index (χ1) is 30.9. The van der Waals surface area contributed by atoms with Crippen LogP contribution in [0.4, 0.5) is 0 Å². The molecule has 2 saturated carbocycles. The van der Waals surface area contributed by atoms with Crippen LogP contribution in [0, 0.1) is 52.3 Å². The third-order valence-corrected chi connectivity index (χ3v) is 19.4. The van der Waals surface area contributed by atoms with Gasteiger partial charge in [-0.05, 0) is 148 Å². The predicted octanol–water partition coefficient (Wildman–Crippen LogP) is 9.75. The van der Waals surface area contributed by atoms with Gasteiger partial charge in [0.25, 0.3) is 0 Å². The van der Waals surface area contributed by atoms with Gasteiger partial charge in [0, 0.05) is 55.3 Å². The topological polar surface area (TPSA) is 85.1 Å². The maximum absolute atomic E-state index is 16.1. The molecule has 0 aromatic heterocycles. The van der Waals surface area contributed by atoms with E-state index in [0.717, 1.165) is 119 Å². The molecule has 330 valence electrons. The Morgan fingerprint density at radius 3 is 2.52 bits per heavy atom. The average molecular weight is 846 g/mol. The van der Waals surface area contributed by atoms with E-state index in [9.17, 15) is 4.79 Å². The van der Waals surface area contributed by atoms with Crippen LogP contribution in [0.1, 0.15) is 129 Å². The summed E-state index contributed by atoms with van der Waals surface area (Å²) in [6, 6.07) is 16.3. The van der Waals surface area contributed by atoms with Gasteiger partial charge >= 0.3 is 11.9 Å². The molecule has 2 aromatic carbocycles. The largest absolute Gasteiger partial charge is 0.449 e. The molecule has 3 spiro atoms. The number of allylic oxidation sites excluding steroid dienone is 4. The zero-order valence-electron chi connectivity index (χ0n) is 37.6. The van der Waals surface area contributed by atoms with Crippen LogP contribution in [0.5, 0.6) is 0 Å². The molecule has 8 aliphatic heterocycles. The van der Waals surface area contributed by atoms with Gasteiger partial charge in [-0.25, -0.2) is 4.79 Å². The lowest BCUT2D eigenvalue weighted by Crippen LogP contribution is -2.77. The van der Waals surface area contributed by atoms with Gasteiger partial charge in [0.15, 0.2) is 5.60 Å². The molecule has 63 heavy (non-hydrogen) atoms. The van der Waals surface area contributed by atoms with Crippen LogP contribution in [0.3, 0.4) is 0 Å². The quantitative estimate of drug-likeness (QED) is 0.307. The number of carbonyl (C=O) groups excluding carboxylic acids is 2. The molecule has 7 heteroatoms. The van der Waals surface area contributed by atoms with Gasteiger partial charge in [-0.3, -0.25) is 9.69 Å². The molecule has 0 amide bonds. The minimum atomic E-state index is -0.995. The molecule has 2 aromatic rings. The van der Waals surface area contributed by atoms with Gasteiger partial charge in [0.05, 0.1) is 11.0 Å². The van der Waals surface area contributed by atoms with Gasteiger partial charge in [-0.2, -0.15) is 0 Å². The average Bonchev–Trinajstić information content (AvgIpc) is 3.73. The van der Waals surface area contributed by atoms with Gasteiger partial charge in [0.1, 0.15) is 11.2 Å². The van der Waals surface area contributed by atoms with E-state index < -0.39 is 16.4 Å². The van der Waals surface area contributed by atoms with Crippen molar-refractivity contribution in [2.75, 3.05) is 32.7 Å². The molecule has 7 nitrogen and oxygen atoms in total. The number of hydrogen-bond acceptors (Lipinski definition) is 7. The maximum Gasteiger partial charge on any atom is 0.339 e. The fourth-order valence-corrected chi connectivity index (χ4v) is 17.3. The summed E-state index contributed by atoms with van der Waals surface area (Å²) in [5, 5.41) is 0. The summed E-state index contributed by atoms with van der Waals surface area (Å²) in [5.41, 5.74) is 14.7. The highest BCUT2D eigenvalue weighted by Gasteiger charge is 2.92. The van der Waals surface area contributed by atoms with Crippen molar-refractivity contribution in [1.29, 1.82) is 0 Å². The first kappa shape index (κ1) is 39.4. The highest BCUT2D eigenvalue weighted by molar-refractivity contribution is 6.00. The van der Waals surface area contributed by atoms with Crippen molar-refractivity contribution >= 4 is 11.9 Å². The highest BCUT2D eigenvalue weighted by Crippen LogP contribution is 2.87. The van der Waals surface area contributed by atoms with E-state index in [1.54, 1.807) is 5.70 Å². The number of fused-ring (bicyclic) bond motifs is 6. The Kier molecular flexibility index (Phi) is 9.09. The van der Waals surface area contributed by atoms with Crippen molar-refractivity contribution in [3.8, 4) is 0 Å². The van der Waals surface area contributed by atoms with Crippen LogP contribution in [0.25, 0.3) is 0 Å². The highest BCUT2D eigenvalue weighted by atomic mass is 16.6. The Labute approximate surface area is 374 Å². The lowest BCUT2D eigenvalue weighted by molar-refractivity contribution is -0.275. The number of carbonyl (C=O) groups is 2. The van der Waals surface area contributed by atoms with Gasteiger partial charge in [-0.1, -0.05) is 98.4 Å². The zero-order valence-corrected chi connectivity index (χ0v) is 37.6. The molecule has 2 N–H and O–H groups in total. The lowest BCUT2D eigenvalue weighted by Gasteiger charge is -2.71. The molecule has 14 aliphatic rings. The fraction of sp³-hybridized carbons (Fsp3) is 0.607. The summed E-state index contributed by atoms with van der Waals surface area (Å²) in [6.45, 7) is 7.66. The summed E-state index contributed by atoms with van der Waals surface area (Å²) < 4.78 is 14.4. The number of rotatable bonds is 4. The van der Waals surface area contributed by atoms with Crippen LogP contribution in [-0.4, -0.2) is 60.5 Å². The number of piperidine rings is 2. The van der Waals surface area contributed by atoms with Gasteiger partial charge in [0.2, 0.25) is 0 Å². The summed E-state index contributed by atoms with van der Waals surface area (Å²) >= 11 is 0. The summed E-state index contributed by atoms with van der Waals surface area (Å²) in [5.74, 6) is 3.34. The Morgan fingerprint density at radius 2 is 1.68 bits per heavy atom. The van der Waals surface area contributed by atoms with E-state index in [1.165, 1.54) is 66.4 Å². The minimum Gasteiger partial charge on any atom is -0.449 e. The molecule has 0 radical (unpaired) electrons. The van der Waals surface area contributed by atoms with Crippen LogP contribution >= 0.6 is 0 Å². The molecule has 3 saturated heterocycles. The van der Waals surface area contributed by atoms with Crippen molar-refractivity contribution in [3.05, 3.63) is 117 Å². The van der Waals surface area contributed by atoms with E-state index in [0.29, 0.717) is 42.2 Å². The summed E-state index contributed by atoms with van der Waals surface area (Å²) in [4.78, 5) is 36.8. The molecule has 10 unspecified atom stereocenters. The number of nitrogens with two attached hydrogens (primary N) is 1. The van der Waals surface area contributed by atoms with E-state index in [-0.39, 0.29) is 23.8 Å². The fourth-order valence-electron chi connectivity index (χ4n) is 17.3. The molecule has 10 atom stereocenters. The first-order valence-electron chi connectivity index (χ1n) is 25.5. The van der Waals surface area contributed by atoms with Crippen molar-refractivity contribution in [2.24, 2.45) is 58.0 Å². The van der Waals surface area contributed by atoms with Crippen LogP contribution in [0.2, 0.25) is 0 Å². The molecule has 5 fully saturated rings. The monoisotopic (exact) mass is 846 g/mol. The Bertz CT molecular complexity index is 2390. The number of esters is 2. The van der Waals surface area contributed by atoms with Crippen molar-refractivity contribution < 1.29 is 19.1 Å². The lowest BCUT2D eigenvalue weighted by atomic mass is 9.29. The van der Waals surface area contributed by atoms with Crippen LogP contribution in [0.15, 0.2) is 88.9 Å². The number of nitrogens with zero attached hydrogens (tertiary/aromatic N) is 2. The minimum absolute atomic E-state index is 0.0809. The Hall–Kier alpha value is -3.94. The van der Waals surface area contributed by atoms with Gasteiger partial charge < -0.3 is 20.1 Å². The van der Waals surface area contributed by atoms with E-state index >= 15 is 4.79 Å². The Balaban J connectivity index is 1.09. The molecule has 8 heterocycles. The molecule has 13 bridgehead atoms. The van der Waals surface area contributed by atoms with E-state index in [2.05, 4.69) is 77.4 Å². The molecule has 6 aliphatic carbocycles. The van der Waals surface area contributed by atoms with Crippen LogP contribution < -0.4 is 5.73 Å². The number of aryl methyl sites for hydroxylation is 2. The number of ether oxygens (including phenoxy) is 2. The van der Waals surface area contributed by atoms with Crippen molar-refractivity contribution in [2.45, 2.75) is 128 Å². The number of benzene rings is 2. The zero-order chi connectivity index (χ0) is 42.2. The van der Waals surface area contributed by atoms with E-state index in [4.69, 9.17) is 15.2 Å². The molecular weight excluding hydrogens is 779 g/mol. The van der Waals surface area contributed by atoms with Crippen molar-refractivity contribution in [1.82, 2.24) is 9.80 Å². The normalized spacial score (nSPS) is 39.8. The number of hydrogen-bond donors (Lipinski definition) is 1. The van der Waals surface area contributed by atoms with Gasteiger partial charge in [-0.15, -0.1) is 0 Å². The predicted molar refractivity (Wildman–Crippen MR) is 244 cm³/mol. The third kappa shape index (κ3) is 5.27. The second-order valence-corrected chi connectivity index (χ2v) is 22.4. The van der Waals surface area contributed by atoms with Crippen LogP contribution in [-0.2, 0) is 39.1 Å². The first-order valence-corrected chi connectivity index (χ1v) is 25.5. The van der Waals surface area contributed by atoms with Crippen molar-refractivity contribution in [3.63, 3.8) is 0 Å². The SMILES string of the molecule is CC1CC=C2C3C4=C5C=C(Cc6cccc(c6)CCCCC6C57C(=O)OC(=CCC(C5CCCCC5)N5CC8CC(CN2C8)C5)C7(CC4)C62OC(=O)c4c(CCCN)cccc42)C13. The smallest absolute Gasteiger partial charge is 0.339 e. The summed E-state index contributed by atoms with van der Waals surface area (Å²) in [7, 11) is 0. The molecular formula is C56H67N3O4. The standard InChI is InChI=1S/C56H67N3O4/c1-34-19-20-46-51-42-23-24-54-48(22-21-45(39-13-3-2-4-14-39)58-30-37-27-38(31-58)33-59(46)32-37)62-53(61)55(54)44(42)29-41(49(34)51)28-36-12-7-11-35(26-36)10-5-6-18-47(55)56(54)43-17-8-15-40(16-9-25-57)50(43)52(60)63-56/h7-8,11-12,15,17,20,22,26,29,34,37-39,45,47,49,51H,2-6,9-10,13-14,16,18-19,21,23-25,27-28,30-33,57H2,1H3. The Morgan fingerprint density at radius 1 is 0.873 bits per heavy atom.